The van der Waals surface area contributed by atoms with Gasteiger partial charge in [0.25, 0.3) is 0 Å². The van der Waals surface area contributed by atoms with Crippen molar-refractivity contribution < 1.29 is 9.59 Å². The average molecular weight is 650 g/mol. The Morgan fingerprint density at radius 1 is 0.489 bits per heavy atom. The summed E-state index contributed by atoms with van der Waals surface area (Å²) in [6.45, 7) is 4.60. The Morgan fingerprint density at radius 3 is 1.15 bits per heavy atom. The Bertz CT molecular complexity index is 866. The number of carbonyl (C=O) groups is 2. The molecule has 1 aromatic rings. The van der Waals surface area contributed by atoms with Crippen molar-refractivity contribution >= 4 is 11.6 Å². The lowest BCUT2D eigenvalue weighted by Crippen LogP contribution is -2.49. The lowest BCUT2D eigenvalue weighted by Gasteiger charge is -2.30. The van der Waals surface area contributed by atoms with E-state index in [1.165, 1.54) is 116 Å². The highest BCUT2D eigenvalue weighted by atomic mass is 16.2. The largest absolute Gasteiger partial charge is 0.329 e. The molecule has 0 saturated carbocycles. The van der Waals surface area contributed by atoms with Crippen LogP contribution in [0.15, 0.2) is 54.6 Å². The van der Waals surface area contributed by atoms with Crippen molar-refractivity contribution in [2.45, 2.75) is 199 Å². The molecular formula is C44H75NO2. The van der Waals surface area contributed by atoms with Crippen LogP contribution in [-0.4, -0.2) is 18.1 Å². The molecule has 0 aromatic heterocycles. The number of hydrogen-bond acceptors (Lipinski definition) is 3. The molecule has 0 fully saturated rings. The van der Waals surface area contributed by atoms with E-state index < -0.39 is 5.41 Å². The monoisotopic (exact) mass is 650 g/mol. The van der Waals surface area contributed by atoms with Gasteiger partial charge in [0.2, 0.25) is 0 Å². The fraction of sp³-hybridized carbons (Fsp3) is 0.727. The van der Waals surface area contributed by atoms with Crippen molar-refractivity contribution in [1.29, 1.82) is 0 Å². The van der Waals surface area contributed by atoms with Gasteiger partial charge in [0.05, 0.1) is 0 Å². The number of ketones is 2. The van der Waals surface area contributed by atoms with E-state index >= 15 is 0 Å². The van der Waals surface area contributed by atoms with Crippen LogP contribution in [0.4, 0.5) is 0 Å². The topological polar surface area (TPSA) is 60.2 Å². The van der Waals surface area contributed by atoms with E-state index in [0.717, 1.165) is 56.9 Å². The van der Waals surface area contributed by atoms with Gasteiger partial charge in [-0.25, -0.2) is 0 Å². The highest BCUT2D eigenvalue weighted by molar-refractivity contribution is 6.13. The minimum absolute atomic E-state index is 0.0153. The van der Waals surface area contributed by atoms with Crippen molar-refractivity contribution in [3.63, 3.8) is 0 Å². The lowest BCUT2D eigenvalue weighted by molar-refractivity contribution is -0.135. The van der Waals surface area contributed by atoms with Gasteiger partial charge < -0.3 is 5.73 Å². The second kappa shape index (κ2) is 31.3. The maximum Gasteiger partial charge on any atom is 0.152 e. The van der Waals surface area contributed by atoms with Crippen LogP contribution in [-0.2, 0) is 15.0 Å². The van der Waals surface area contributed by atoms with Gasteiger partial charge in [0, 0.05) is 19.4 Å². The summed E-state index contributed by atoms with van der Waals surface area (Å²) in [4.78, 5) is 27.4. The van der Waals surface area contributed by atoms with Gasteiger partial charge in [-0.15, -0.1) is 0 Å². The third-order valence-electron chi connectivity index (χ3n) is 9.86. The zero-order chi connectivity index (χ0) is 34.1. The smallest absolute Gasteiger partial charge is 0.152 e. The summed E-state index contributed by atoms with van der Waals surface area (Å²) in [5.41, 5.74) is 5.88. The molecule has 0 radical (unpaired) electrons. The molecule has 0 atom stereocenters. The van der Waals surface area contributed by atoms with Gasteiger partial charge in [-0.05, 0) is 69.8 Å². The molecule has 3 nitrogen and oxygen atoms in total. The van der Waals surface area contributed by atoms with E-state index in [1.54, 1.807) is 0 Å². The Morgan fingerprint density at radius 2 is 0.809 bits per heavy atom. The molecule has 0 aliphatic rings. The number of hydrogen-bond donors (Lipinski definition) is 1. The van der Waals surface area contributed by atoms with Gasteiger partial charge in [0.15, 0.2) is 11.6 Å². The zero-order valence-electron chi connectivity index (χ0n) is 31.1. The number of carbonyl (C=O) groups excluding carboxylic acids is 2. The first-order valence-corrected chi connectivity index (χ1v) is 20.3. The Balaban J connectivity index is 2.31. The first kappa shape index (κ1) is 43.0. The molecule has 268 valence electrons. The predicted molar refractivity (Wildman–Crippen MR) is 206 cm³/mol. The summed E-state index contributed by atoms with van der Waals surface area (Å²) in [5, 5.41) is 0. The van der Waals surface area contributed by atoms with E-state index in [2.05, 4.69) is 38.2 Å². The van der Waals surface area contributed by atoms with E-state index in [0.29, 0.717) is 12.8 Å². The van der Waals surface area contributed by atoms with Crippen molar-refractivity contribution in [2.75, 3.05) is 6.54 Å². The van der Waals surface area contributed by atoms with Gasteiger partial charge >= 0.3 is 0 Å². The number of nitrogens with two attached hydrogens (primary N) is 1. The second-order valence-electron chi connectivity index (χ2n) is 14.0. The van der Waals surface area contributed by atoms with Crippen LogP contribution in [0, 0.1) is 0 Å². The van der Waals surface area contributed by atoms with Gasteiger partial charge in [-0.1, -0.05) is 171 Å². The molecule has 0 amide bonds. The summed E-state index contributed by atoms with van der Waals surface area (Å²) >= 11 is 0. The fourth-order valence-corrected chi connectivity index (χ4v) is 6.69. The van der Waals surface area contributed by atoms with Crippen molar-refractivity contribution in [3.8, 4) is 0 Å². The van der Waals surface area contributed by atoms with E-state index in [4.69, 9.17) is 5.73 Å². The molecule has 1 aromatic carbocycles. The van der Waals surface area contributed by atoms with E-state index in [9.17, 15) is 9.59 Å². The molecule has 0 heterocycles. The SMILES string of the molecule is CCCCCCCC/C=C\CCCCCCCC(=O)C(CN)(C(=O)CCCCCCC/C=C\CCCCCCCC)c1ccccc1. The van der Waals surface area contributed by atoms with Gasteiger partial charge in [0.1, 0.15) is 5.41 Å². The van der Waals surface area contributed by atoms with Crippen molar-refractivity contribution in [1.82, 2.24) is 0 Å². The normalized spacial score (nSPS) is 12.1. The van der Waals surface area contributed by atoms with Crippen LogP contribution < -0.4 is 5.73 Å². The molecular weight excluding hydrogens is 574 g/mol. The van der Waals surface area contributed by atoms with Crippen molar-refractivity contribution in [3.05, 3.63) is 60.2 Å². The fourth-order valence-electron chi connectivity index (χ4n) is 6.69. The Kier molecular flexibility index (Phi) is 28.6. The number of unbranched alkanes of at least 4 members (excludes halogenated alkanes) is 22. The highest BCUT2D eigenvalue weighted by Crippen LogP contribution is 2.30. The molecule has 2 N–H and O–H groups in total. The van der Waals surface area contributed by atoms with Gasteiger partial charge in [-0.2, -0.15) is 0 Å². The molecule has 0 unspecified atom stereocenters. The molecule has 3 heteroatoms. The number of rotatable bonds is 34. The third kappa shape index (κ3) is 20.9. The molecule has 0 aliphatic carbocycles. The van der Waals surface area contributed by atoms with Crippen LogP contribution in [0.25, 0.3) is 0 Å². The van der Waals surface area contributed by atoms with Crippen LogP contribution in [0.3, 0.4) is 0 Å². The first-order valence-electron chi connectivity index (χ1n) is 20.3. The second-order valence-corrected chi connectivity index (χ2v) is 14.0. The average Bonchev–Trinajstić information content (AvgIpc) is 3.09. The minimum Gasteiger partial charge on any atom is -0.329 e. The maximum absolute atomic E-state index is 13.7. The highest BCUT2D eigenvalue weighted by Gasteiger charge is 2.44. The van der Waals surface area contributed by atoms with E-state index in [1.807, 2.05) is 30.3 Å². The summed E-state index contributed by atoms with van der Waals surface area (Å²) < 4.78 is 0. The van der Waals surface area contributed by atoms with Crippen LogP contribution in [0.1, 0.15) is 199 Å². The summed E-state index contributed by atoms with van der Waals surface area (Å²) in [7, 11) is 0. The summed E-state index contributed by atoms with van der Waals surface area (Å²) in [6.07, 6.45) is 42.2. The Hall–Kier alpha value is -2.00. The number of Topliss-reactive ketones (excluding diaryl/α,β-unsaturated/α-hetero) is 2. The minimum atomic E-state index is -1.19. The van der Waals surface area contributed by atoms with Crippen LogP contribution in [0.2, 0.25) is 0 Å². The quantitative estimate of drug-likeness (QED) is 0.0459. The van der Waals surface area contributed by atoms with Gasteiger partial charge in [-0.3, -0.25) is 9.59 Å². The molecule has 0 aliphatic heterocycles. The number of benzene rings is 1. The zero-order valence-corrected chi connectivity index (χ0v) is 31.1. The number of allylic oxidation sites excluding steroid dienone is 4. The van der Waals surface area contributed by atoms with Crippen LogP contribution >= 0.6 is 0 Å². The molecule has 0 saturated heterocycles. The Labute approximate surface area is 292 Å². The summed E-state index contributed by atoms with van der Waals surface area (Å²) in [5.74, 6) is 0.0307. The molecule has 47 heavy (non-hydrogen) atoms. The predicted octanol–water partition coefficient (Wildman–Crippen LogP) is 13.1. The standard InChI is InChI=1S/C44H75NO2/c1-3-5-7-9-11-13-15-17-19-21-23-25-27-29-34-38-42(46)44(40-45,41-36-32-31-33-37-41)43(47)39-35-30-28-26-24-22-20-18-16-14-12-10-8-6-4-2/h17-20,31-33,36-37H,3-16,21-30,34-35,38-40,45H2,1-2H3/b19-17-,20-18-. The van der Waals surface area contributed by atoms with E-state index in [-0.39, 0.29) is 18.1 Å². The molecule has 0 spiro atoms. The third-order valence-corrected chi connectivity index (χ3v) is 9.86. The molecule has 0 bridgehead atoms. The lowest BCUT2D eigenvalue weighted by atomic mass is 9.70. The molecule has 1 rings (SSSR count). The summed E-state index contributed by atoms with van der Waals surface area (Å²) in [6, 6.07) is 9.62. The first-order chi connectivity index (χ1) is 23.1. The van der Waals surface area contributed by atoms with Crippen LogP contribution in [0.5, 0.6) is 0 Å². The maximum atomic E-state index is 13.7. The van der Waals surface area contributed by atoms with Crippen molar-refractivity contribution in [2.24, 2.45) is 5.73 Å².